The molecule has 67 valence electrons. The second kappa shape index (κ2) is 3.39. The summed E-state index contributed by atoms with van der Waals surface area (Å²) in [7, 11) is 0. The summed E-state index contributed by atoms with van der Waals surface area (Å²) in [4.78, 5) is 0. The van der Waals surface area contributed by atoms with Crippen LogP contribution >= 0.6 is 11.6 Å². The molecular formula is C7H5ClF3O. The number of hydrogen-bond acceptors (Lipinski definition) is 1. The Hall–Kier alpha value is -0.640. The second-order valence-electron chi connectivity index (χ2n) is 2.12. The number of ether oxygens (including phenoxy) is 1. The van der Waals surface area contributed by atoms with Crippen molar-refractivity contribution in [3.05, 3.63) is 29.4 Å². The highest BCUT2D eigenvalue weighted by molar-refractivity contribution is 6.31. The van der Waals surface area contributed by atoms with Gasteiger partial charge < -0.3 is 4.74 Å². The minimum Gasteiger partial charge on any atom is -0.410 e. The third-order valence-corrected chi connectivity index (χ3v) is 1.41. The lowest BCUT2D eigenvalue weighted by Gasteiger charge is -2.13. The molecule has 0 atom stereocenters. The van der Waals surface area contributed by atoms with Crippen molar-refractivity contribution in [2.75, 3.05) is 0 Å². The van der Waals surface area contributed by atoms with Gasteiger partial charge >= 0.3 is 6.36 Å². The van der Waals surface area contributed by atoms with Crippen LogP contribution in [0, 0.1) is 6.42 Å². The first-order valence-electron chi connectivity index (χ1n) is 3.14. The molecule has 0 aliphatic heterocycles. The third-order valence-electron chi connectivity index (χ3n) is 1.15. The van der Waals surface area contributed by atoms with E-state index in [1.165, 1.54) is 6.42 Å². The van der Waals surface area contributed by atoms with Crippen LogP contribution in [0.2, 0.25) is 0 Å². The molecule has 0 saturated heterocycles. The van der Waals surface area contributed by atoms with Gasteiger partial charge in [-0.1, -0.05) is 17.7 Å². The van der Waals surface area contributed by atoms with Gasteiger partial charge in [-0.15, -0.1) is 13.2 Å². The Morgan fingerprint density at radius 1 is 1.42 bits per heavy atom. The molecule has 0 amide bonds. The number of allylic oxidation sites excluding steroid dienone is 4. The van der Waals surface area contributed by atoms with E-state index in [-0.39, 0.29) is 10.8 Å². The Morgan fingerprint density at radius 2 is 2.08 bits per heavy atom. The zero-order valence-corrected chi connectivity index (χ0v) is 6.62. The minimum absolute atomic E-state index is 0.255. The molecule has 0 spiro atoms. The van der Waals surface area contributed by atoms with Crippen LogP contribution in [0.5, 0.6) is 0 Å². The Kier molecular flexibility index (Phi) is 2.67. The summed E-state index contributed by atoms with van der Waals surface area (Å²) in [5.41, 5.74) is 0. The summed E-state index contributed by atoms with van der Waals surface area (Å²) in [6.07, 6.45) is -0.264. The fourth-order valence-electron chi connectivity index (χ4n) is 0.746. The molecule has 5 heteroatoms. The monoisotopic (exact) mass is 197 g/mol. The molecule has 0 N–H and O–H groups in total. The average Bonchev–Trinajstić information content (AvgIpc) is 1.82. The van der Waals surface area contributed by atoms with Gasteiger partial charge in [0.05, 0.1) is 0 Å². The van der Waals surface area contributed by atoms with Crippen LogP contribution in [0.4, 0.5) is 13.2 Å². The molecule has 1 aliphatic rings. The Bertz CT molecular complexity index is 229. The summed E-state index contributed by atoms with van der Waals surface area (Å²) in [5.74, 6) is -0.255. The van der Waals surface area contributed by atoms with Gasteiger partial charge in [0.2, 0.25) is 0 Å². The Balaban J connectivity index is 2.59. The van der Waals surface area contributed by atoms with E-state index in [0.717, 1.165) is 6.08 Å². The molecule has 0 saturated carbocycles. The molecule has 1 nitrogen and oxygen atoms in total. The molecule has 0 unspecified atom stereocenters. The molecule has 0 aromatic heterocycles. The first-order valence-corrected chi connectivity index (χ1v) is 3.51. The molecule has 0 bridgehead atoms. The topological polar surface area (TPSA) is 9.23 Å². The van der Waals surface area contributed by atoms with Crippen molar-refractivity contribution >= 4 is 11.6 Å². The first-order chi connectivity index (χ1) is 5.47. The van der Waals surface area contributed by atoms with E-state index in [1.54, 1.807) is 6.08 Å². The molecule has 0 fully saturated rings. The fourth-order valence-corrected chi connectivity index (χ4v) is 0.943. The maximum absolute atomic E-state index is 11.6. The van der Waals surface area contributed by atoms with Crippen LogP contribution in [0.1, 0.15) is 6.42 Å². The van der Waals surface area contributed by atoms with Gasteiger partial charge in [0.15, 0.2) is 0 Å². The minimum atomic E-state index is -4.64. The van der Waals surface area contributed by atoms with Crippen molar-refractivity contribution in [2.45, 2.75) is 12.8 Å². The fraction of sp³-hybridized carbons (Fsp3) is 0.286. The highest BCUT2D eigenvalue weighted by Crippen LogP contribution is 2.27. The van der Waals surface area contributed by atoms with Gasteiger partial charge in [0.1, 0.15) is 5.76 Å². The average molecular weight is 198 g/mol. The van der Waals surface area contributed by atoms with Gasteiger partial charge in [-0.25, -0.2) is 0 Å². The highest BCUT2D eigenvalue weighted by atomic mass is 35.5. The lowest BCUT2D eigenvalue weighted by molar-refractivity contribution is -0.304. The number of halogens is 4. The van der Waals surface area contributed by atoms with Crippen molar-refractivity contribution < 1.29 is 17.9 Å². The van der Waals surface area contributed by atoms with Crippen LogP contribution in [-0.4, -0.2) is 6.36 Å². The van der Waals surface area contributed by atoms with E-state index in [1.807, 2.05) is 0 Å². The van der Waals surface area contributed by atoms with Crippen LogP contribution in [0.25, 0.3) is 0 Å². The van der Waals surface area contributed by atoms with Gasteiger partial charge in [0.25, 0.3) is 0 Å². The van der Waals surface area contributed by atoms with Crippen molar-refractivity contribution in [1.82, 2.24) is 0 Å². The van der Waals surface area contributed by atoms with E-state index >= 15 is 0 Å². The van der Waals surface area contributed by atoms with E-state index in [9.17, 15) is 13.2 Å². The molecule has 12 heavy (non-hydrogen) atoms. The summed E-state index contributed by atoms with van der Waals surface area (Å²) in [6.45, 7) is 0. The quantitative estimate of drug-likeness (QED) is 0.628. The highest BCUT2D eigenvalue weighted by Gasteiger charge is 2.32. The zero-order valence-electron chi connectivity index (χ0n) is 5.86. The SMILES string of the molecule is FC(F)(F)OC1=CC(Cl)=CC[CH]1. The van der Waals surface area contributed by atoms with Crippen molar-refractivity contribution in [1.29, 1.82) is 0 Å². The van der Waals surface area contributed by atoms with E-state index in [4.69, 9.17) is 11.6 Å². The lowest BCUT2D eigenvalue weighted by Crippen LogP contribution is -2.13. The summed E-state index contributed by atoms with van der Waals surface area (Å²) in [5, 5.41) is 0.261. The normalized spacial score (nSPS) is 18.3. The van der Waals surface area contributed by atoms with Crippen molar-refractivity contribution in [2.24, 2.45) is 0 Å². The number of hydrogen-bond donors (Lipinski definition) is 0. The molecular weight excluding hydrogens is 193 g/mol. The van der Waals surface area contributed by atoms with Crippen LogP contribution in [-0.2, 0) is 4.74 Å². The molecule has 1 radical (unpaired) electrons. The predicted octanol–water partition coefficient (Wildman–Crippen LogP) is 3.14. The van der Waals surface area contributed by atoms with Gasteiger partial charge in [-0.3, -0.25) is 0 Å². The van der Waals surface area contributed by atoms with E-state index < -0.39 is 6.36 Å². The van der Waals surface area contributed by atoms with Crippen LogP contribution in [0.3, 0.4) is 0 Å². The predicted molar refractivity (Wildman–Crippen MR) is 38.1 cm³/mol. The first kappa shape index (κ1) is 9.45. The second-order valence-corrected chi connectivity index (χ2v) is 2.56. The molecule has 0 aromatic carbocycles. The number of rotatable bonds is 1. The van der Waals surface area contributed by atoms with Gasteiger partial charge in [-0.05, 0) is 12.5 Å². The van der Waals surface area contributed by atoms with Crippen LogP contribution < -0.4 is 0 Å². The zero-order chi connectivity index (χ0) is 9.19. The van der Waals surface area contributed by atoms with E-state index in [2.05, 4.69) is 4.74 Å². The van der Waals surface area contributed by atoms with Crippen LogP contribution in [0.15, 0.2) is 22.9 Å². The maximum atomic E-state index is 11.6. The van der Waals surface area contributed by atoms with Gasteiger partial charge in [0, 0.05) is 11.5 Å². The maximum Gasteiger partial charge on any atom is 0.572 e. The Labute approximate surface area is 72.5 Å². The smallest absolute Gasteiger partial charge is 0.410 e. The van der Waals surface area contributed by atoms with E-state index in [0.29, 0.717) is 6.42 Å². The largest absolute Gasteiger partial charge is 0.572 e. The van der Waals surface area contributed by atoms with Crippen molar-refractivity contribution in [3.8, 4) is 0 Å². The molecule has 0 aromatic rings. The Morgan fingerprint density at radius 3 is 2.58 bits per heavy atom. The third kappa shape index (κ3) is 3.17. The van der Waals surface area contributed by atoms with Gasteiger partial charge in [-0.2, -0.15) is 0 Å². The summed E-state index contributed by atoms with van der Waals surface area (Å²) >= 11 is 5.46. The molecule has 1 aliphatic carbocycles. The van der Waals surface area contributed by atoms with Crippen molar-refractivity contribution in [3.63, 3.8) is 0 Å². The molecule has 0 heterocycles. The summed E-state index contributed by atoms with van der Waals surface area (Å²) < 4.78 is 38.5. The molecule has 1 rings (SSSR count). The summed E-state index contributed by atoms with van der Waals surface area (Å²) in [6, 6.07) is 0. The standard InChI is InChI=1S/C7H5ClF3O/c8-5-2-1-3-6(4-5)12-7(9,10)11/h2-4H,1H2. The lowest BCUT2D eigenvalue weighted by atomic mass is 10.2. The number of alkyl halides is 3.